The summed E-state index contributed by atoms with van der Waals surface area (Å²) in [5, 5.41) is 0. The van der Waals surface area contributed by atoms with Crippen molar-refractivity contribution in [3.05, 3.63) is 0 Å². The summed E-state index contributed by atoms with van der Waals surface area (Å²) in [6.07, 6.45) is 0. The summed E-state index contributed by atoms with van der Waals surface area (Å²) >= 11 is 0. The molecule has 0 unspecified atom stereocenters. The second-order valence-corrected chi connectivity index (χ2v) is 3.33. The molecule has 7 nitrogen and oxygen atoms in total. The molecule has 0 aliphatic carbocycles. The van der Waals surface area contributed by atoms with Gasteiger partial charge in [0.05, 0.1) is 40.0 Å². The quantitative estimate of drug-likeness (QED) is 0.434. The molecule has 0 bridgehead atoms. The monoisotopic (exact) mass is 261 g/mol. The van der Waals surface area contributed by atoms with E-state index in [4.69, 9.17) is 9.47 Å². The molecule has 0 aromatic heterocycles. The van der Waals surface area contributed by atoms with Gasteiger partial charge in [-0.1, -0.05) is 0 Å². The Balaban J connectivity index is 4.36. The summed E-state index contributed by atoms with van der Waals surface area (Å²) in [5.41, 5.74) is 0. The van der Waals surface area contributed by atoms with Crippen LogP contribution in [0.25, 0.3) is 0 Å². The number of carbonyl (C=O) groups excluding carboxylic acids is 3. The molecule has 7 heteroatoms. The number of rotatable bonds is 8. The standard InChI is InChI=1S/C11H19NO6/c1-4-17-10(14)7-12(6-9(13)16-3)8-11(15)18-5-2/h4-8H2,1-3H3. The Morgan fingerprint density at radius 3 is 1.56 bits per heavy atom. The van der Waals surface area contributed by atoms with Crippen molar-refractivity contribution >= 4 is 17.9 Å². The van der Waals surface area contributed by atoms with Gasteiger partial charge in [0, 0.05) is 0 Å². The van der Waals surface area contributed by atoms with Crippen molar-refractivity contribution in [2.24, 2.45) is 0 Å². The summed E-state index contributed by atoms with van der Waals surface area (Å²) in [7, 11) is 1.23. The summed E-state index contributed by atoms with van der Waals surface area (Å²) in [6, 6.07) is 0. The SMILES string of the molecule is CCOC(=O)CN(CC(=O)OC)CC(=O)OCC. The molecule has 0 rings (SSSR count). The van der Waals surface area contributed by atoms with Gasteiger partial charge in [0.1, 0.15) is 0 Å². The van der Waals surface area contributed by atoms with Crippen molar-refractivity contribution in [1.82, 2.24) is 4.90 Å². The third kappa shape index (κ3) is 7.61. The number of hydrogen-bond donors (Lipinski definition) is 0. The molecule has 0 heterocycles. The fraction of sp³-hybridized carbons (Fsp3) is 0.727. The van der Waals surface area contributed by atoms with E-state index in [1.807, 2.05) is 0 Å². The Kier molecular flexibility index (Phi) is 8.55. The molecule has 0 aromatic carbocycles. The molecular formula is C11H19NO6. The van der Waals surface area contributed by atoms with E-state index in [1.54, 1.807) is 13.8 Å². The molecule has 0 N–H and O–H groups in total. The van der Waals surface area contributed by atoms with Crippen LogP contribution in [0.5, 0.6) is 0 Å². The second-order valence-electron chi connectivity index (χ2n) is 3.33. The number of ether oxygens (including phenoxy) is 3. The lowest BCUT2D eigenvalue weighted by Gasteiger charge is -2.18. The van der Waals surface area contributed by atoms with E-state index < -0.39 is 17.9 Å². The van der Waals surface area contributed by atoms with E-state index in [9.17, 15) is 14.4 Å². The zero-order valence-electron chi connectivity index (χ0n) is 10.9. The molecule has 0 aliphatic heterocycles. The number of hydrogen-bond acceptors (Lipinski definition) is 7. The first-order valence-corrected chi connectivity index (χ1v) is 5.63. The fourth-order valence-electron chi connectivity index (χ4n) is 1.19. The van der Waals surface area contributed by atoms with Crippen LogP contribution in [-0.2, 0) is 28.6 Å². The third-order valence-corrected chi connectivity index (χ3v) is 1.90. The molecule has 0 amide bonds. The highest BCUT2D eigenvalue weighted by Crippen LogP contribution is 1.94. The van der Waals surface area contributed by atoms with E-state index in [1.165, 1.54) is 12.0 Å². The van der Waals surface area contributed by atoms with Crippen molar-refractivity contribution in [2.45, 2.75) is 13.8 Å². The lowest BCUT2D eigenvalue weighted by molar-refractivity contribution is -0.150. The maximum atomic E-state index is 11.3. The third-order valence-electron chi connectivity index (χ3n) is 1.90. The first-order valence-electron chi connectivity index (χ1n) is 5.63. The van der Waals surface area contributed by atoms with Gasteiger partial charge in [0.15, 0.2) is 0 Å². The van der Waals surface area contributed by atoms with Gasteiger partial charge in [0.25, 0.3) is 0 Å². The minimum absolute atomic E-state index is 0.165. The molecule has 0 spiro atoms. The van der Waals surface area contributed by atoms with Crippen molar-refractivity contribution < 1.29 is 28.6 Å². The minimum atomic E-state index is -0.538. The van der Waals surface area contributed by atoms with Gasteiger partial charge in [-0.3, -0.25) is 19.3 Å². The average Bonchev–Trinajstić information content (AvgIpc) is 2.29. The highest BCUT2D eigenvalue weighted by atomic mass is 16.5. The zero-order chi connectivity index (χ0) is 14.0. The zero-order valence-corrected chi connectivity index (χ0v) is 10.9. The average molecular weight is 261 g/mol. The Morgan fingerprint density at radius 2 is 1.22 bits per heavy atom. The van der Waals surface area contributed by atoms with Gasteiger partial charge in [-0.15, -0.1) is 0 Å². The van der Waals surface area contributed by atoms with Crippen molar-refractivity contribution in [2.75, 3.05) is 40.0 Å². The summed E-state index contributed by atoms with van der Waals surface area (Å²) in [5.74, 6) is -1.56. The van der Waals surface area contributed by atoms with E-state index >= 15 is 0 Å². The Bertz CT molecular complexity index is 271. The Labute approximate surface area is 106 Å². The Hall–Kier alpha value is -1.63. The molecule has 0 aliphatic rings. The molecular weight excluding hydrogens is 242 g/mol. The largest absolute Gasteiger partial charge is 0.468 e. The van der Waals surface area contributed by atoms with Crippen LogP contribution in [0.4, 0.5) is 0 Å². The summed E-state index contributed by atoms with van der Waals surface area (Å²) in [6.45, 7) is 3.33. The minimum Gasteiger partial charge on any atom is -0.468 e. The summed E-state index contributed by atoms with van der Waals surface area (Å²) < 4.78 is 14.0. The van der Waals surface area contributed by atoms with E-state index in [0.717, 1.165) is 0 Å². The molecule has 104 valence electrons. The Morgan fingerprint density at radius 1 is 0.833 bits per heavy atom. The maximum absolute atomic E-state index is 11.3. The lowest BCUT2D eigenvalue weighted by Crippen LogP contribution is -2.39. The van der Waals surface area contributed by atoms with E-state index in [2.05, 4.69) is 4.74 Å². The number of nitrogens with zero attached hydrogens (tertiary/aromatic N) is 1. The van der Waals surface area contributed by atoms with Crippen LogP contribution in [0.15, 0.2) is 0 Å². The van der Waals surface area contributed by atoms with Crippen molar-refractivity contribution in [3.8, 4) is 0 Å². The van der Waals surface area contributed by atoms with Crippen molar-refractivity contribution in [1.29, 1.82) is 0 Å². The smallest absolute Gasteiger partial charge is 0.320 e. The first kappa shape index (κ1) is 16.4. The molecule has 0 saturated heterocycles. The second kappa shape index (κ2) is 9.41. The van der Waals surface area contributed by atoms with Crippen LogP contribution >= 0.6 is 0 Å². The number of methoxy groups -OCH3 is 1. The predicted octanol–water partition coefficient (Wildman–Crippen LogP) is -0.412. The van der Waals surface area contributed by atoms with Gasteiger partial charge < -0.3 is 14.2 Å². The fourth-order valence-corrected chi connectivity index (χ4v) is 1.19. The van der Waals surface area contributed by atoms with Gasteiger partial charge in [-0.2, -0.15) is 0 Å². The van der Waals surface area contributed by atoms with Crippen LogP contribution in [0, 0.1) is 0 Å². The predicted molar refractivity (Wildman–Crippen MR) is 61.7 cm³/mol. The normalized spacial score (nSPS) is 10.0. The number of carbonyl (C=O) groups is 3. The molecule has 0 aromatic rings. The van der Waals surface area contributed by atoms with Crippen LogP contribution in [-0.4, -0.2) is 62.8 Å². The molecule has 0 saturated carbocycles. The topological polar surface area (TPSA) is 82.1 Å². The van der Waals surface area contributed by atoms with Gasteiger partial charge in [-0.25, -0.2) is 0 Å². The van der Waals surface area contributed by atoms with Gasteiger partial charge >= 0.3 is 17.9 Å². The van der Waals surface area contributed by atoms with Gasteiger partial charge in [-0.05, 0) is 13.8 Å². The van der Waals surface area contributed by atoms with Crippen LogP contribution < -0.4 is 0 Å². The van der Waals surface area contributed by atoms with Crippen molar-refractivity contribution in [3.63, 3.8) is 0 Å². The number of esters is 3. The molecule has 0 atom stereocenters. The molecule has 18 heavy (non-hydrogen) atoms. The molecule has 0 fully saturated rings. The van der Waals surface area contributed by atoms with E-state index in [0.29, 0.717) is 0 Å². The van der Waals surface area contributed by atoms with Crippen LogP contribution in [0.2, 0.25) is 0 Å². The lowest BCUT2D eigenvalue weighted by atomic mass is 10.4. The van der Waals surface area contributed by atoms with Gasteiger partial charge in [0.2, 0.25) is 0 Å². The van der Waals surface area contributed by atoms with Crippen LogP contribution in [0.1, 0.15) is 13.8 Å². The van der Waals surface area contributed by atoms with E-state index in [-0.39, 0.29) is 32.8 Å². The van der Waals surface area contributed by atoms with Crippen LogP contribution in [0.3, 0.4) is 0 Å². The summed E-state index contributed by atoms with van der Waals surface area (Å²) in [4.78, 5) is 35.0. The molecule has 0 radical (unpaired) electrons. The highest BCUT2D eigenvalue weighted by Gasteiger charge is 2.19. The highest BCUT2D eigenvalue weighted by molar-refractivity contribution is 5.78. The maximum Gasteiger partial charge on any atom is 0.320 e. The first-order chi connectivity index (χ1) is 8.53.